The smallest absolute Gasteiger partial charge is 0.289 e. The highest BCUT2D eigenvalue weighted by Gasteiger charge is 2.39. The van der Waals surface area contributed by atoms with Crippen molar-refractivity contribution in [3.05, 3.63) is 52.6 Å². The average Bonchev–Trinajstić information content (AvgIpc) is 3.27. The van der Waals surface area contributed by atoms with Crippen LogP contribution in [0.4, 0.5) is 8.78 Å². The van der Waals surface area contributed by atoms with Gasteiger partial charge in [-0.1, -0.05) is 0 Å². The molecule has 2 aromatic rings. The molecule has 3 heterocycles. The number of benzene rings is 1. The van der Waals surface area contributed by atoms with Crippen LogP contribution < -0.4 is 5.73 Å². The second kappa shape index (κ2) is 8.29. The highest BCUT2D eigenvalue weighted by Crippen LogP contribution is 2.35. The maximum Gasteiger partial charge on any atom is 0.289 e. The van der Waals surface area contributed by atoms with E-state index >= 15 is 0 Å². The largest absolute Gasteiger partial charge is 0.370 e. The van der Waals surface area contributed by atoms with Crippen LogP contribution in [0.1, 0.15) is 60.0 Å². The molecule has 1 aromatic heterocycles. The Balaban J connectivity index is 1.49. The first-order valence-electron chi connectivity index (χ1n) is 10.5. The van der Waals surface area contributed by atoms with Gasteiger partial charge in [0.2, 0.25) is 0 Å². The van der Waals surface area contributed by atoms with Crippen LogP contribution in [0, 0.1) is 11.6 Å². The molecule has 1 fully saturated rings. The van der Waals surface area contributed by atoms with Crippen LogP contribution in [0.2, 0.25) is 0 Å². The van der Waals surface area contributed by atoms with E-state index in [9.17, 15) is 13.6 Å². The summed E-state index contributed by atoms with van der Waals surface area (Å²) in [6.07, 6.45) is -0.0837. The Kier molecular flexibility index (Phi) is 5.85. The molecule has 9 heteroatoms. The Morgan fingerprint density at radius 1 is 1.29 bits per heavy atom. The van der Waals surface area contributed by atoms with Crippen molar-refractivity contribution in [1.82, 2.24) is 19.4 Å². The quantitative estimate of drug-likeness (QED) is 0.802. The number of nitrogens with zero attached hydrogens (tertiary/aromatic N) is 4. The number of rotatable bonds is 4. The SMILES string of the molecule is CC(C)n1c(C(=O)N(C)C)nc2c1CN([C@H]1CO[C@H](c3cc(F)ccc3F)[C@@H](N)C1)C2. The van der Waals surface area contributed by atoms with Crippen LogP contribution in [0.3, 0.4) is 0 Å². The summed E-state index contributed by atoms with van der Waals surface area (Å²) < 4.78 is 35.7. The van der Waals surface area contributed by atoms with E-state index in [2.05, 4.69) is 9.88 Å². The number of carbonyl (C=O) groups is 1. The van der Waals surface area contributed by atoms with E-state index in [0.29, 0.717) is 31.9 Å². The topological polar surface area (TPSA) is 76.6 Å². The Labute approximate surface area is 180 Å². The van der Waals surface area contributed by atoms with E-state index in [1.165, 1.54) is 4.90 Å². The average molecular weight is 434 g/mol. The Bertz CT molecular complexity index is 991. The van der Waals surface area contributed by atoms with Gasteiger partial charge >= 0.3 is 0 Å². The van der Waals surface area contributed by atoms with Gasteiger partial charge in [-0.15, -0.1) is 0 Å². The molecule has 1 aromatic carbocycles. The third kappa shape index (κ3) is 3.97. The predicted octanol–water partition coefficient (Wildman–Crippen LogP) is 2.62. The summed E-state index contributed by atoms with van der Waals surface area (Å²) in [5.74, 6) is -0.674. The third-order valence-corrected chi connectivity index (χ3v) is 6.09. The molecule has 2 aliphatic rings. The fourth-order valence-electron chi connectivity index (χ4n) is 4.56. The van der Waals surface area contributed by atoms with E-state index in [4.69, 9.17) is 10.5 Å². The molecule has 0 aliphatic carbocycles. The van der Waals surface area contributed by atoms with E-state index in [1.807, 2.05) is 18.4 Å². The first-order valence-corrected chi connectivity index (χ1v) is 10.5. The van der Waals surface area contributed by atoms with Crippen molar-refractivity contribution >= 4 is 5.91 Å². The normalized spacial score (nSPS) is 23.9. The molecule has 7 nitrogen and oxygen atoms in total. The van der Waals surface area contributed by atoms with Gasteiger partial charge in [0.05, 0.1) is 18.0 Å². The number of imidazole rings is 1. The van der Waals surface area contributed by atoms with Crippen molar-refractivity contribution in [2.45, 2.75) is 57.6 Å². The maximum absolute atomic E-state index is 14.2. The van der Waals surface area contributed by atoms with Gasteiger partial charge in [0.15, 0.2) is 5.82 Å². The molecular weight excluding hydrogens is 404 g/mol. The van der Waals surface area contributed by atoms with Crippen LogP contribution in [-0.4, -0.2) is 58.0 Å². The highest BCUT2D eigenvalue weighted by atomic mass is 19.1. The molecular formula is C22H29F2N5O2. The van der Waals surface area contributed by atoms with Gasteiger partial charge in [-0.3, -0.25) is 9.69 Å². The lowest BCUT2D eigenvalue weighted by atomic mass is 9.93. The molecule has 4 rings (SSSR count). The van der Waals surface area contributed by atoms with E-state index < -0.39 is 23.8 Å². The minimum atomic E-state index is -0.677. The number of nitrogens with two attached hydrogens (primary N) is 1. The molecule has 3 atom stereocenters. The molecule has 0 radical (unpaired) electrons. The third-order valence-electron chi connectivity index (χ3n) is 6.09. The van der Waals surface area contributed by atoms with Crippen LogP contribution in [-0.2, 0) is 17.8 Å². The van der Waals surface area contributed by atoms with Gasteiger partial charge in [-0.25, -0.2) is 13.8 Å². The van der Waals surface area contributed by atoms with Gasteiger partial charge in [-0.2, -0.15) is 0 Å². The number of ether oxygens (including phenoxy) is 1. The molecule has 0 unspecified atom stereocenters. The standard InChI is InChI=1S/C22H29F2N5O2/c1-12(2)29-19-10-28(9-18(19)26-21(29)22(30)27(3)4)14-8-17(25)20(31-11-14)15-7-13(23)5-6-16(15)24/h5-7,12,14,17,20H,8-11,25H2,1-4H3/t14-,17+,20-/m1/s1. The summed E-state index contributed by atoms with van der Waals surface area (Å²) in [6.45, 7) is 5.68. The monoisotopic (exact) mass is 433 g/mol. The number of aromatic nitrogens is 2. The lowest BCUT2D eigenvalue weighted by Crippen LogP contribution is -2.48. The zero-order chi connectivity index (χ0) is 22.4. The van der Waals surface area contributed by atoms with Crippen LogP contribution >= 0.6 is 0 Å². The lowest BCUT2D eigenvalue weighted by Gasteiger charge is -2.38. The van der Waals surface area contributed by atoms with Crippen molar-refractivity contribution in [2.75, 3.05) is 20.7 Å². The van der Waals surface area contributed by atoms with Crippen LogP contribution in [0.15, 0.2) is 18.2 Å². The van der Waals surface area contributed by atoms with E-state index in [-0.39, 0.29) is 23.6 Å². The summed E-state index contributed by atoms with van der Waals surface area (Å²) in [4.78, 5) is 21.0. The number of hydrogen-bond acceptors (Lipinski definition) is 5. The van der Waals surface area contributed by atoms with Gasteiger partial charge in [-0.05, 0) is 38.5 Å². The molecule has 0 spiro atoms. The fraction of sp³-hybridized carbons (Fsp3) is 0.545. The summed E-state index contributed by atoms with van der Waals surface area (Å²) >= 11 is 0. The van der Waals surface area contributed by atoms with Crippen molar-refractivity contribution in [1.29, 1.82) is 0 Å². The van der Waals surface area contributed by atoms with Gasteiger partial charge in [0.1, 0.15) is 17.7 Å². The molecule has 1 saturated heterocycles. The second-order valence-corrected chi connectivity index (χ2v) is 8.87. The van der Waals surface area contributed by atoms with Crippen molar-refractivity contribution < 1.29 is 18.3 Å². The molecule has 0 saturated carbocycles. The predicted molar refractivity (Wildman–Crippen MR) is 111 cm³/mol. The highest BCUT2D eigenvalue weighted by molar-refractivity contribution is 5.90. The van der Waals surface area contributed by atoms with Crippen molar-refractivity contribution in [3.8, 4) is 0 Å². The summed E-state index contributed by atoms with van der Waals surface area (Å²) in [6, 6.07) is 3.02. The van der Waals surface area contributed by atoms with Crippen LogP contribution in [0.25, 0.3) is 0 Å². The molecule has 0 bridgehead atoms. The Hall–Kier alpha value is -2.36. The molecule has 2 aliphatic heterocycles. The zero-order valence-electron chi connectivity index (χ0n) is 18.3. The van der Waals surface area contributed by atoms with E-state index in [1.54, 1.807) is 14.1 Å². The number of fused-ring (bicyclic) bond motifs is 1. The summed E-state index contributed by atoms with van der Waals surface area (Å²) in [5.41, 5.74) is 8.42. The van der Waals surface area contributed by atoms with Crippen LogP contribution in [0.5, 0.6) is 0 Å². The van der Waals surface area contributed by atoms with Gasteiger partial charge < -0.3 is 19.9 Å². The van der Waals surface area contributed by atoms with Gasteiger partial charge in [0, 0.05) is 50.9 Å². The van der Waals surface area contributed by atoms with Gasteiger partial charge in [0.25, 0.3) is 5.91 Å². The zero-order valence-corrected chi connectivity index (χ0v) is 18.3. The van der Waals surface area contributed by atoms with E-state index in [0.717, 1.165) is 29.6 Å². The maximum atomic E-state index is 14.2. The number of amides is 1. The summed E-state index contributed by atoms with van der Waals surface area (Å²) in [7, 11) is 3.44. The molecule has 31 heavy (non-hydrogen) atoms. The fourth-order valence-corrected chi connectivity index (χ4v) is 4.56. The van der Waals surface area contributed by atoms with Crippen molar-refractivity contribution in [3.63, 3.8) is 0 Å². The minimum absolute atomic E-state index is 0.0330. The molecule has 1 amide bonds. The first kappa shape index (κ1) is 21.9. The lowest BCUT2D eigenvalue weighted by molar-refractivity contribution is -0.0535. The number of carbonyl (C=O) groups excluding carboxylic acids is 1. The first-order chi connectivity index (χ1) is 14.7. The minimum Gasteiger partial charge on any atom is -0.370 e. The molecule has 2 N–H and O–H groups in total. The second-order valence-electron chi connectivity index (χ2n) is 8.87. The Morgan fingerprint density at radius 2 is 2.03 bits per heavy atom. The van der Waals surface area contributed by atoms with Crippen molar-refractivity contribution in [2.24, 2.45) is 5.73 Å². The number of halogens is 2. The number of hydrogen-bond donors (Lipinski definition) is 1. The molecule has 168 valence electrons. The summed E-state index contributed by atoms with van der Waals surface area (Å²) in [5, 5.41) is 0. The Morgan fingerprint density at radius 3 is 2.68 bits per heavy atom.